The molecule has 1 unspecified atom stereocenters. The van der Waals surface area contributed by atoms with E-state index < -0.39 is 17.8 Å². The van der Waals surface area contributed by atoms with E-state index in [2.05, 4.69) is 33.6 Å². The van der Waals surface area contributed by atoms with E-state index in [1.807, 2.05) is 30.3 Å². The number of ether oxygens (including phenoxy) is 1. The zero-order valence-electron chi connectivity index (χ0n) is 18.5. The van der Waals surface area contributed by atoms with Crippen LogP contribution in [-0.4, -0.2) is 36.5 Å². The standard InChI is InChI=1S/C25H18N6O3.ClH/c1-2-7-21(32)29-15-6-10-20(29)31-24-22(23(26)27-16-28-24)30(25(31)33)17-11-13-19(14-12-17)34-18-8-4-3-5-9-18;/h3-5,8-9,11-14,16,20H,15H2,1H3,(H2,26,27,28);1H. The minimum absolute atomic E-state index is 0. The van der Waals surface area contributed by atoms with Crippen LogP contribution >= 0.6 is 12.4 Å². The predicted octanol–water partition coefficient (Wildman–Crippen LogP) is 2.75. The molecular formula is C25H19ClN6O3. The molecule has 1 aliphatic heterocycles. The number of hydrogen-bond acceptors (Lipinski definition) is 6. The fourth-order valence-corrected chi connectivity index (χ4v) is 3.77. The minimum atomic E-state index is -0.861. The van der Waals surface area contributed by atoms with Gasteiger partial charge in [-0.25, -0.2) is 19.3 Å². The van der Waals surface area contributed by atoms with Gasteiger partial charge in [-0.3, -0.25) is 14.3 Å². The number of anilines is 1. The van der Waals surface area contributed by atoms with Crippen molar-refractivity contribution in [1.29, 1.82) is 0 Å². The topological polar surface area (TPSA) is 108 Å². The number of aromatic nitrogens is 4. The summed E-state index contributed by atoms with van der Waals surface area (Å²) in [5, 5.41) is 0. The van der Waals surface area contributed by atoms with Crippen molar-refractivity contribution in [2.24, 2.45) is 0 Å². The molecule has 0 radical (unpaired) electrons. The molecule has 2 N–H and O–H groups in total. The summed E-state index contributed by atoms with van der Waals surface area (Å²) in [5.41, 5.74) is 6.84. The van der Waals surface area contributed by atoms with Gasteiger partial charge >= 0.3 is 11.6 Å². The van der Waals surface area contributed by atoms with Crippen LogP contribution in [-0.2, 0) is 4.79 Å². The van der Waals surface area contributed by atoms with Gasteiger partial charge in [0.25, 0.3) is 0 Å². The Morgan fingerprint density at radius 1 is 1.11 bits per heavy atom. The molecule has 174 valence electrons. The lowest BCUT2D eigenvalue weighted by Crippen LogP contribution is -2.38. The van der Waals surface area contributed by atoms with Gasteiger partial charge in [0, 0.05) is 0 Å². The molecule has 0 aliphatic carbocycles. The van der Waals surface area contributed by atoms with Gasteiger partial charge in [-0.2, -0.15) is 0 Å². The molecular weight excluding hydrogens is 468 g/mol. The van der Waals surface area contributed by atoms with E-state index in [1.54, 1.807) is 31.2 Å². The summed E-state index contributed by atoms with van der Waals surface area (Å²) in [4.78, 5) is 35.9. The van der Waals surface area contributed by atoms with Crippen molar-refractivity contribution in [2.75, 3.05) is 12.3 Å². The van der Waals surface area contributed by atoms with Crippen LogP contribution in [0.5, 0.6) is 11.5 Å². The second kappa shape index (κ2) is 9.64. The maximum absolute atomic E-state index is 13.7. The highest BCUT2D eigenvalue weighted by atomic mass is 35.5. The summed E-state index contributed by atoms with van der Waals surface area (Å²) < 4.78 is 8.60. The van der Waals surface area contributed by atoms with Gasteiger partial charge in [0.05, 0.1) is 12.2 Å². The molecule has 0 spiro atoms. The molecule has 0 fully saturated rings. The Hall–Kier alpha value is -4.73. The smallest absolute Gasteiger partial charge is 0.337 e. The molecule has 1 amide bonds. The van der Waals surface area contributed by atoms with Gasteiger partial charge in [-0.1, -0.05) is 36.0 Å². The highest BCUT2D eigenvalue weighted by Gasteiger charge is 2.31. The van der Waals surface area contributed by atoms with Crippen LogP contribution in [0, 0.1) is 23.7 Å². The number of carbonyl (C=O) groups excluding carboxylic acids is 1. The fourth-order valence-electron chi connectivity index (χ4n) is 3.77. The van der Waals surface area contributed by atoms with Crippen LogP contribution < -0.4 is 16.2 Å². The van der Waals surface area contributed by atoms with Crippen molar-refractivity contribution in [3.63, 3.8) is 0 Å². The van der Waals surface area contributed by atoms with Crippen LogP contribution in [0.3, 0.4) is 0 Å². The molecule has 2 aromatic heterocycles. The molecule has 4 aromatic rings. The number of nitrogens with two attached hydrogens (primary N) is 1. The molecule has 1 aliphatic rings. The van der Waals surface area contributed by atoms with E-state index >= 15 is 0 Å². The number of amides is 1. The fraction of sp³-hybridized carbons (Fsp3) is 0.120. The molecule has 0 saturated heterocycles. The Labute approximate surface area is 206 Å². The van der Waals surface area contributed by atoms with Gasteiger partial charge in [0.1, 0.15) is 23.3 Å². The number of nitrogen functional groups attached to an aromatic ring is 1. The maximum Gasteiger partial charge on any atom is 0.337 e. The van der Waals surface area contributed by atoms with E-state index in [0.29, 0.717) is 22.7 Å². The van der Waals surface area contributed by atoms with E-state index in [9.17, 15) is 9.59 Å². The summed E-state index contributed by atoms with van der Waals surface area (Å²) in [6, 6.07) is 16.3. The number of nitrogens with zero attached hydrogens (tertiary/aromatic N) is 5. The first kappa shape index (κ1) is 23.4. The Morgan fingerprint density at radius 2 is 1.83 bits per heavy atom. The lowest BCUT2D eigenvalue weighted by atomic mass is 10.3. The number of imidazole rings is 1. The van der Waals surface area contributed by atoms with Crippen molar-refractivity contribution in [3.8, 4) is 40.9 Å². The van der Waals surface area contributed by atoms with Gasteiger partial charge in [0.15, 0.2) is 17.6 Å². The zero-order valence-corrected chi connectivity index (χ0v) is 19.3. The van der Waals surface area contributed by atoms with E-state index in [0.717, 1.165) is 0 Å². The van der Waals surface area contributed by atoms with Crippen LogP contribution in [0.15, 0.2) is 65.7 Å². The number of halogens is 1. The second-order valence-corrected chi connectivity index (χ2v) is 7.33. The number of hydrogen-bond donors (Lipinski definition) is 1. The Morgan fingerprint density at radius 3 is 2.54 bits per heavy atom. The molecule has 0 bridgehead atoms. The average molecular weight is 487 g/mol. The number of benzene rings is 2. The van der Waals surface area contributed by atoms with Crippen molar-refractivity contribution in [1.82, 2.24) is 24.0 Å². The van der Waals surface area contributed by atoms with Gasteiger partial charge in [0.2, 0.25) is 0 Å². The first-order valence-electron chi connectivity index (χ1n) is 10.4. The van der Waals surface area contributed by atoms with Crippen LogP contribution in [0.1, 0.15) is 13.1 Å². The summed E-state index contributed by atoms with van der Waals surface area (Å²) in [6.07, 6.45) is 0.411. The predicted molar refractivity (Wildman–Crippen MR) is 133 cm³/mol. The van der Waals surface area contributed by atoms with Crippen LogP contribution in [0.25, 0.3) is 16.9 Å². The number of carbonyl (C=O) groups is 1. The monoisotopic (exact) mass is 486 g/mol. The maximum atomic E-state index is 13.7. The average Bonchev–Trinajstić information content (AvgIpc) is 3.43. The summed E-state index contributed by atoms with van der Waals surface area (Å²) in [6.45, 7) is 1.73. The van der Waals surface area contributed by atoms with E-state index in [4.69, 9.17) is 10.5 Å². The van der Waals surface area contributed by atoms with E-state index in [-0.39, 0.29) is 30.4 Å². The Bertz CT molecular complexity index is 1590. The van der Waals surface area contributed by atoms with Crippen molar-refractivity contribution in [2.45, 2.75) is 13.1 Å². The summed E-state index contributed by atoms with van der Waals surface area (Å²) in [5.74, 6) is 11.9. The Kier molecular flexibility index (Phi) is 6.45. The first-order chi connectivity index (χ1) is 16.6. The highest BCUT2D eigenvalue weighted by Crippen LogP contribution is 2.27. The van der Waals surface area contributed by atoms with Crippen LogP contribution in [0.4, 0.5) is 5.82 Å². The second-order valence-electron chi connectivity index (χ2n) is 7.33. The summed E-state index contributed by atoms with van der Waals surface area (Å²) in [7, 11) is 0. The Balaban J connectivity index is 0.00000289. The zero-order chi connectivity index (χ0) is 23.7. The number of para-hydroxylation sites is 1. The number of fused-ring (bicyclic) bond motifs is 1. The third-order valence-electron chi connectivity index (χ3n) is 5.27. The molecule has 5 rings (SSSR count). The molecule has 10 heteroatoms. The lowest BCUT2D eigenvalue weighted by Gasteiger charge is -2.21. The lowest BCUT2D eigenvalue weighted by molar-refractivity contribution is -0.126. The normalized spacial score (nSPS) is 13.9. The molecule has 35 heavy (non-hydrogen) atoms. The van der Waals surface area contributed by atoms with Gasteiger partial charge in [-0.15, -0.1) is 12.4 Å². The molecule has 2 aromatic carbocycles. The molecule has 9 nitrogen and oxygen atoms in total. The molecule has 1 atom stereocenters. The first-order valence-corrected chi connectivity index (χ1v) is 10.4. The third kappa shape index (κ3) is 4.17. The molecule has 3 heterocycles. The minimum Gasteiger partial charge on any atom is -0.457 e. The van der Waals surface area contributed by atoms with Gasteiger partial charge in [-0.05, 0) is 49.2 Å². The van der Waals surface area contributed by atoms with E-state index in [1.165, 1.54) is 20.4 Å². The van der Waals surface area contributed by atoms with Crippen molar-refractivity contribution < 1.29 is 9.53 Å². The van der Waals surface area contributed by atoms with Crippen molar-refractivity contribution >= 4 is 35.3 Å². The SMILES string of the molecule is CC#CC(=O)N1CC#CC1n1c(=O)n(-c2ccc(Oc3ccccc3)cc2)c2c(N)ncnc21.Cl. The third-order valence-corrected chi connectivity index (χ3v) is 5.27. The largest absolute Gasteiger partial charge is 0.457 e. The van der Waals surface area contributed by atoms with Gasteiger partial charge < -0.3 is 10.5 Å². The van der Waals surface area contributed by atoms with Crippen LogP contribution in [0.2, 0.25) is 0 Å². The quantitative estimate of drug-likeness (QED) is 0.444. The van der Waals surface area contributed by atoms with Crippen molar-refractivity contribution in [3.05, 3.63) is 71.4 Å². The molecule has 0 saturated carbocycles. The number of rotatable bonds is 4. The highest BCUT2D eigenvalue weighted by molar-refractivity contribution is 5.94. The summed E-state index contributed by atoms with van der Waals surface area (Å²) >= 11 is 0.